The maximum Gasteiger partial charge on any atom is 0.272 e. The fourth-order valence-corrected chi connectivity index (χ4v) is 3.39. The average Bonchev–Trinajstić information content (AvgIpc) is 2.98. The minimum atomic E-state index is -0.341. The van der Waals surface area contributed by atoms with Crippen LogP contribution < -0.4 is 4.90 Å². The van der Waals surface area contributed by atoms with Gasteiger partial charge in [0.15, 0.2) is 5.13 Å². The summed E-state index contributed by atoms with van der Waals surface area (Å²) in [5, 5.41) is 14.0. The zero-order chi connectivity index (χ0) is 15.7. The highest BCUT2D eigenvalue weighted by molar-refractivity contribution is 7.14. The molecule has 0 amide bonds. The third-order valence-corrected chi connectivity index (χ3v) is 4.87. The predicted octanol–water partition coefficient (Wildman–Crippen LogP) is 3.20. The largest absolute Gasteiger partial charge is 0.346 e. The number of hydrogen-bond donors (Lipinski definition) is 0. The summed E-state index contributed by atoms with van der Waals surface area (Å²) in [5.41, 5.74) is 2.42. The summed E-state index contributed by atoms with van der Waals surface area (Å²) in [6, 6.07) is 5.28. The van der Waals surface area contributed by atoms with Gasteiger partial charge in [0.05, 0.1) is 10.6 Å². The number of hydrogen-bond acceptors (Lipinski definition) is 6. The molecule has 23 heavy (non-hydrogen) atoms. The molecule has 0 N–H and O–H groups in total. The second kappa shape index (κ2) is 7.25. The Balaban J connectivity index is 0.00000192. The molecule has 1 fully saturated rings. The van der Waals surface area contributed by atoms with Gasteiger partial charge in [-0.3, -0.25) is 10.1 Å². The van der Waals surface area contributed by atoms with E-state index in [0.717, 1.165) is 42.6 Å². The van der Waals surface area contributed by atoms with E-state index in [4.69, 9.17) is 0 Å². The molecule has 124 valence electrons. The zero-order valence-electron chi connectivity index (χ0n) is 13.1. The summed E-state index contributed by atoms with van der Waals surface area (Å²) in [4.78, 5) is 20.0. The number of nitrogens with zero attached hydrogens (tertiary/aromatic N) is 4. The van der Waals surface area contributed by atoms with Crippen LogP contribution in [0, 0.1) is 17.0 Å². The van der Waals surface area contributed by atoms with E-state index in [1.54, 1.807) is 30.4 Å². The number of nitro groups is 1. The van der Waals surface area contributed by atoms with Crippen molar-refractivity contribution < 1.29 is 4.92 Å². The maximum atomic E-state index is 11.1. The first kappa shape index (κ1) is 17.7. The number of benzene rings is 1. The lowest BCUT2D eigenvalue weighted by molar-refractivity contribution is -0.385. The lowest BCUT2D eigenvalue weighted by atomic mass is 10.1. The fraction of sp³-hybridized carbons (Fsp3) is 0.400. The van der Waals surface area contributed by atoms with Crippen molar-refractivity contribution in [2.45, 2.75) is 6.92 Å². The van der Waals surface area contributed by atoms with Crippen molar-refractivity contribution in [1.82, 2.24) is 9.88 Å². The van der Waals surface area contributed by atoms with Gasteiger partial charge in [-0.05, 0) is 14.0 Å². The van der Waals surface area contributed by atoms with Gasteiger partial charge in [0.25, 0.3) is 5.69 Å². The summed E-state index contributed by atoms with van der Waals surface area (Å²) >= 11 is 1.60. The Kier molecular flexibility index (Phi) is 5.56. The van der Waals surface area contributed by atoms with Gasteiger partial charge in [0, 0.05) is 48.8 Å². The number of likely N-dealkylation sites (N-methyl/N-ethyl adjacent to an activating group) is 1. The number of nitro benzene ring substituents is 1. The van der Waals surface area contributed by atoms with Gasteiger partial charge in [-0.25, -0.2) is 4.98 Å². The van der Waals surface area contributed by atoms with Crippen molar-refractivity contribution in [3.63, 3.8) is 0 Å². The van der Waals surface area contributed by atoms with Gasteiger partial charge >= 0.3 is 0 Å². The normalized spacial score (nSPS) is 15.3. The van der Waals surface area contributed by atoms with Crippen LogP contribution in [-0.4, -0.2) is 48.0 Å². The Morgan fingerprint density at radius 3 is 2.61 bits per heavy atom. The molecule has 3 rings (SSSR count). The molecule has 0 atom stereocenters. The third kappa shape index (κ3) is 3.80. The highest BCUT2D eigenvalue weighted by atomic mass is 35.5. The van der Waals surface area contributed by atoms with Crippen molar-refractivity contribution >= 4 is 34.6 Å². The topological polar surface area (TPSA) is 62.5 Å². The molecule has 1 aliphatic heterocycles. The molecule has 2 heterocycles. The van der Waals surface area contributed by atoms with E-state index in [9.17, 15) is 10.1 Å². The van der Waals surface area contributed by atoms with Crippen LogP contribution in [0.3, 0.4) is 0 Å². The lowest BCUT2D eigenvalue weighted by Gasteiger charge is -2.32. The number of piperazine rings is 1. The molecule has 0 aliphatic carbocycles. The Bertz CT molecular complexity index is 699. The molecule has 0 bridgehead atoms. The number of halogens is 1. The fourth-order valence-electron chi connectivity index (χ4n) is 2.51. The Morgan fingerprint density at radius 1 is 1.26 bits per heavy atom. The Morgan fingerprint density at radius 2 is 1.96 bits per heavy atom. The molecule has 6 nitrogen and oxygen atoms in total. The van der Waals surface area contributed by atoms with Crippen molar-refractivity contribution in [3.8, 4) is 11.3 Å². The van der Waals surface area contributed by atoms with Crippen molar-refractivity contribution in [2.24, 2.45) is 0 Å². The summed E-state index contributed by atoms with van der Waals surface area (Å²) in [7, 11) is 2.12. The average molecular weight is 355 g/mol. The number of anilines is 1. The standard InChI is InChI=1S/C15H18N4O2S.ClH/c1-11-3-4-12(9-14(11)19(20)21)13-10-22-15(16-13)18-7-5-17(2)6-8-18;/h3-4,9-10H,5-8H2,1-2H3;1H. The van der Waals surface area contributed by atoms with Gasteiger partial charge in [-0.15, -0.1) is 23.7 Å². The number of aryl methyl sites for hydroxylation is 1. The molecule has 0 spiro atoms. The van der Waals surface area contributed by atoms with Gasteiger partial charge in [0.2, 0.25) is 0 Å². The summed E-state index contributed by atoms with van der Waals surface area (Å²) in [6.45, 7) is 5.75. The first-order valence-corrected chi connectivity index (χ1v) is 8.07. The second-order valence-electron chi connectivity index (χ2n) is 5.56. The summed E-state index contributed by atoms with van der Waals surface area (Å²) < 4.78 is 0. The van der Waals surface area contributed by atoms with Crippen molar-refractivity contribution in [2.75, 3.05) is 38.1 Å². The van der Waals surface area contributed by atoms with Gasteiger partial charge in [-0.2, -0.15) is 0 Å². The second-order valence-corrected chi connectivity index (χ2v) is 6.40. The summed E-state index contributed by atoms with van der Waals surface area (Å²) in [6.07, 6.45) is 0. The molecule has 1 aliphatic rings. The number of rotatable bonds is 3. The van der Waals surface area contributed by atoms with E-state index in [2.05, 4.69) is 21.8 Å². The third-order valence-electron chi connectivity index (χ3n) is 3.97. The van der Waals surface area contributed by atoms with Crippen LogP contribution in [0.25, 0.3) is 11.3 Å². The molecule has 0 unspecified atom stereocenters. The van der Waals surface area contributed by atoms with Crippen LogP contribution in [0.4, 0.5) is 10.8 Å². The monoisotopic (exact) mass is 354 g/mol. The molecule has 8 heteroatoms. The molecular formula is C15H19ClN4O2S. The first-order chi connectivity index (χ1) is 10.5. The van der Waals surface area contributed by atoms with E-state index in [1.807, 2.05) is 11.4 Å². The highest BCUT2D eigenvalue weighted by Gasteiger charge is 2.18. The van der Waals surface area contributed by atoms with E-state index >= 15 is 0 Å². The lowest BCUT2D eigenvalue weighted by Crippen LogP contribution is -2.44. The van der Waals surface area contributed by atoms with Crippen LogP contribution in [-0.2, 0) is 0 Å². The molecule has 1 aromatic carbocycles. The predicted molar refractivity (Wildman–Crippen MR) is 95.9 cm³/mol. The molecule has 0 saturated carbocycles. The smallest absolute Gasteiger partial charge is 0.272 e. The number of aromatic nitrogens is 1. The SMILES string of the molecule is Cc1ccc(-c2csc(N3CCN(C)CC3)n2)cc1[N+](=O)[O-].Cl. The van der Waals surface area contributed by atoms with Crippen molar-refractivity contribution in [1.29, 1.82) is 0 Å². The van der Waals surface area contributed by atoms with Crippen molar-refractivity contribution in [3.05, 3.63) is 39.3 Å². The maximum absolute atomic E-state index is 11.1. The highest BCUT2D eigenvalue weighted by Crippen LogP contribution is 2.31. The summed E-state index contributed by atoms with van der Waals surface area (Å²) in [5.74, 6) is 0. The van der Waals surface area contributed by atoms with Crippen LogP contribution in [0.2, 0.25) is 0 Å². The molecule has 1 saturated heterocycles. The molecule has 1 aromatic heterocycles. The van der Waals surface area contributed by atoms with Gasteiger partial charge in [0.1, 0.15) is 0 Å². The zero-order valence-corrected chi connectivity index (χ0v) is 14.7. The van der Waals surface area contributed by atoms with E-state index in [-0.39, 0.29) is 23.0 Å². The van der Waals surface area contributed by atoms with Crippen LogP contribution in [0.5, 0.6) is 0 Å². The van der Waals surface area contributed by atoms with E-state index in [1.165, 1.54) is 0 Å². The minimum Gasteiger partial charge on any atom is -0.346 e. The van der Waals surface area contributed by atoms with Crippen LogP contribution in [0.1, 0.15) is 5.56 Å². The molecule has 2 aromatic rings. The minimum absolute atomic E-state index is 0. The van der Waals surface area contributed by atoms with Gasteiger partial charge < -0.3 is 9.80 Å². The van der Waals surface area contributed by atoms with E-state index < -0.39 is 0 Å². The van der Waals surface area contributed by atoms with E-state index in [0.29, 0.717) is 5.56 Å². The quantitative estimate of drug-likeness (QED) is 0.625. The van der Waals surface area contributed by atoms with Crippen LogP contribution in [0.15, 0.2) is 23.6 Å². The Hall–Kier alpha value is -1.70. The first-order valence-electron chi connectivity index (χ1n) is 7.19. The number of thiazole rings is 1. The molecule has 0 radical (unpaired) electrons. The van der Waals surface area contributed by atoms with Crippen LogP contribution >= 0.6 is 23.7 Å². The molecular weight excluding hydrogens is 336 g/mol. The van der Waals surface area contributed by atoms with Gasteiger partial charge in [-0.1, -0.05) is 12.1 Å². The Labute approximate surface area is 145 Å².